The van der Waals surface area contributed by atoms with Gasteiger partial charge >= 0.3 is 0 Å². The number of imidazole rings is 1. The van der Waals surface area contributed by atoms with E-state index in [2.05, 4.69) is 72.7 Å². The summed E-state index contributed by atoms with van der Waals surface area (Å²) in [5, 5.41) is 4.97. The molecule has 0 aliphatic heterocycles. The number of thioether (sulfide) groups is 1. The van der Waals surface area contributed by atoms with Crippen molar-refractivity contribution in [1.29, 1.82) is 0 Å². The largest absolute Gasteiger partial charge is 0.380 e. The summed E-state index contributed by atoms with van der Waals surface area (Å²) >= 11 is 1.83. The molecule has 31 heavy (non-hydrogen) atoms. The van der Waals surface area contributed by atoms with Crippen molar-refractivity contribution in [2.24, 2.45) is 0 Å². The molecule has 0 bridgehead atoms. The zero-order chi connectivity index (χ0) is 21.7. The van der Waals surface area contributed by atoms with Gasteiger partial charge in [0.25, 0.3) is 0 Å². The van der Waals surface area contributed by atoms with Crippen LogP contribution < -0.4 is 5.32 Å². The summed E-state index contributed by atoms with van der Waals surface area (Å²) in [6.45, 7) is 8.13. The first-order valence-corrected chi connectivity index (χ1v) is 12.3. The van der Waals surface area contributed by atoms with Crippen molar-refractivity contribution in [2.45, 2.75) is 49.9 Å². The van der Waals surface area contributed by atoms with Gasteiger partial charge in [-0.2, -0.15) is 0 Å². The number of nitrogens with zero attached hydrogens (tertiary/aromatic N) is 1. The molecule has 0 amide bonds. The number of hydrogen-bond donors (Lipinski definition) is 2. The lowest BCUT2D eigenvalue weighted by Gasteiger charge is -2.10. The quantitative estimate of drug-likeness (QED) is 0.226. The molecule has 0 spiro atoms. The van der Waals surface area contributed by atoms with E-state index in [0.29, 0.717) is 5.25 Å². The van der Waals surface area contributed by atoms with Crippen molar-refractivity contribution in [3.05, 3.63) is 60.7 Å². The molecule has 166 valence electrons. The SMILES string of the molecule is CCCCOCCNCCCC(C)Sc1nc(-c2ccccc2)c(-c2ccccc2)[nH]1. The molecule has 1 unspecified atom stereocenters. The van der Waals surface area contributed by atoms with Gasteiger partial charge in [0.05, 0.1) is 18.0 Å². The van der Waals surface area contributed by atoms with Crippen molar-refractivity contribution < 1.29 is 4.74 Å². The number of unbranched alkanes of at least 4 members (excludes halogenated alkanes) is 1. The van der Waals surface area contributed by atoms with E-state index >= 15 is 0 Å². The fraction of sp³-hybridized carbons (Fsp3) is 0.423. The normalized spacial score (nSPS) is 12.2. The first-order chi connectivity index (χ1) is 15.3. The predicted octanol–water partition coefficient (Wildman–Crippen LogP) is 6.41. The summed E-state index contributed by atoms with van der Waals surface area (Å²) in [6, 6.07) is 20.9. The second kappa shape index (κ2) is 13.4. The van der Waals surface area contributed by atoms with Crippen LogP contribution in [0, 0.1) is 0 Å². The van der Waals surface area contributed by atoms with Crippen molar-refractivity contribution >= 4 is 11.8 Å². The van der Waals surface area contributed by atoms with Gasteiger partial charge in [-0.3, -0.25) is 0 Å². The van der Waals surface area contributed by atoms with E-state index in [-0.39, 0.29) is 0 Å². The monoisotopic (exact) mass is 437 g/mol. The molecule has 1 aromatic heterocycles. The van der Waals surface area contributed by atoms with Crippen LogP contribution in [0.1, 0.15) is 39.5 Å². The highest BCUT2D eigenvalue weighted by molar-refractivity contribution is 7.99. The molecule has 1 atom stereocenters. The Hall–Kier alpha value is -2.08. The summed E-state index contributed by atoms with van der Waals surface area (Å²) in [7, 11) is 0. The number of aromatic amines is 1. The van der Waals surface area contributed by atoms with E-state index < -0.39 is 0 Å². The van der Waals surface area contributed by atoms with Crippen molar-refractivity contribution in [1.82, 2.24) is 15.3 Å². The summed E-state index contributed by atoms with van der Waals surface area (Å²) in [5.41, 5.74) is 4.42. The lowest BCUT2D eigenvalue weighted by molar-refractivity contribution is 0.133. The van der Waals surface area contributed by atoms with E-state index in [1.54, 1.807) is 0 Å². The lowest BCUT2D eigenvalue weighted by Crippen LogP contribution is -2.21. The molecule has 5 heteroatoms. The van der Waals surface area contributed by atoms with E-state index in [1.807, 2.05) is 23.9 Å². The summed E-state index contributed by atoms with van der Waals surface area (Å²) in [6.07, 6.45) is 4.65. The molecule has 0 radical (unpaired) electrons. The van der Waals surface area contributed by atoms with Crippen LogP contribution in [0.2, 0.25) is 0 Å². The third-order valence-corrected chi connectivity index (χ3v) is 6.19. The average Bonchev–Trinajstić information content (AvgIpc) is 3.23. The third kappa shape index (κ3) is 7.84. The molecule has 4 nitrogen and oxygen atoms in total. The van der Waals surface area contributed by atoms with Gasteiger partial charge in [-0.1, -0.05) is 92.7 Å². The van der Waals surface area contributed by atoms with Crippen LogP contribution in [0.15, 0.2) is 65.8 Å². The fourth-order valence-electron chi connectivity index (χ4n) is 3.41. The Morgan fingerprint density at radius 2 is 1.65 bits per heavy atom. The highest BCUT2D eigenvalue weighted by Crippen LogP contribution is 2.34. The lowest BCUT2D eigenvalue weighted by atomic mass is 10.1. The minimum atomic E-state index is 0.501. The summed E-state index contributed by atoms with van der Waals surface area (Å²) < 4.78 is 5.59. The third-order valence-electron chi connectivity index (χ3n) is 5.13. The van der Waals surface area contributed by atoms with Gasteiger partial charge in [-0.15, -0.1) is 0 Å². The van der Waals surface area contributed by atoms with Crippen LogP contribution in [0.3, 0.4) is 0 Å². The Kier molecular flexibility index (Phi) is 10.2. The first kappa shape index (κ1) is 23.6. The molecule has 0 saturated carbocycles. The van der Waals surface area contributed by atoms with Gasteiger partial charge in [0.1, 0.15) is 0 Å². The zero-order valence-electron chi connectivity index (χ0n) is 18.8. The molecule has 2 N–H and O–H groups in total. The number of ether oxygens (including phenoxy) is 1. The van der Waals surface area contributed by atoms with Crippen LogP contribution in [0.4, 0.5) is 0 Å². The van der Waals surface area contributed by atoms with Gasteiger partial charge in [-0.25, -0.2) is 4.98 Å². The predicted molar refractivity (Wildman–Crippen MR) is 133 cm³/mol. The second-order valence-electron chi connectivity index (χ2n) is 7.78. The minimum absolute atomic E-state index is 0.501. The Balaban J connectivity index is 1.51. The van der Waals surface area contributed by atoms with E-state index in [4.69, 9.17) is 9.72 Å². The molecule has 2 aromatic carbocycles. The molecule has 0 aliphatic rings. The molecular weight excluding hydrogens is 402 g/mol. The van der Waals surface area contributed by atoms with E-state index in [9.17, 15) is 0 Å². The Bertz CT molecular complexity index is 810. The van der Waals surface area contributed by atoms with Gasteiger partial charge in [0.15, 0.2) is 5.16 Å². The summed E-state index contributed by atoms with van der Waals surface area (Å²) in [4.78, 5) is 8.55. The topological polar surface area (TPSA) is 49.9 Å². The maximum atomic E-state index is 5.59. The maximum absolute atomic E-state index is 5.59. The standard InChI is InChI=1S/C26H35N3OS/c1-3-4-19-30-20-18-27-17-11-12-21(2)31-26-28-24(22-13-7-5-8-14-22)25(29-26)23-15-9-6-10-16-23/h5-10,13-16,21,27H,3-4,11-12,17-20H2,1-2H3,(H,28,29). The van der Waals surface area contributed by atoms with Gasteiger partial charge in [0.2, 0.25) is 0 Å². The van der Waals surface area contributed by atoms with E-state index in [1.165, 1.54) is 12.0 Å². The van der Waals surface area contributed by atoms with Crippen molar-refractivity contribution in [3.63, 3.8) is 0 Å². The van der Waals surface area contributed by atoms with Gasteiger partial charge < -0.3 is 15.0 Å². The van der Waals surface area contributed by atoms with Crippen molar-refractivity contribution in [3.8, 4) is 22.5 Å². The van der Waals surface area contributed by atoms with Crippen LogP contribution in [-0.4, -0.2) is 41.5 Å². The van der Waals surface area contributed by atoms with Crippen LogP contribution in [0.5, 0.6) is 0 Å². The molecule has 0 fully saturated rings. The maximum Gasteiger partial charge on any atom is 0.166 e. The molecule has 1 heterocycles. The smallest absolute Gasteiger partial charge is 0.166 e. The Labute approximate surface area is 191 Å². The Morgan fingerprint density at radius 1 is 0.935 bits per heavy atom. The van der Waals surface area contributed by atoms with Gasteiger partial charge in [-0.05, 0) is 25.8 Å². The fourth-order valence-corrected chi connectivity index (χ4v) is 4.38. The number of H-pyrrole nitrogens is 1. The zero-order valence-corrected chi connectivity index (χ0v) is 19.6. The molecule has 3 rings (SSSR count). The number of rotatable bonds is 14. The summed E-state index contributed by atoms with van der Waals surface area (Å²) in [5.74, 6) is 0. The molecule has 3 aromatic rings. The number of nitrogens with one attached hydrogen (secondary N) is 2. The molecular formula is C26H35N3OS. The average molecular weight is 438 g/mol. The van der Waals surface area contributed by atoms with Crippen molar-refractivity contribution in [2.75, 3.05) is 26.3 Å². The number of hydrogen-bond acceptors (Lipinski definition) is 4. The van der Waals surface area contributed by atoms with Crippen LogP contribution in [0.25, 0.3) is 22.5 Å². The Morgan fingerprint density at radius 3 is 2.35 bits per heavy atom. The first-order valence-electron chi connectivity index (χ1n) is 11.4. The molecule has 0 aliphatic carbocycles. The molecule has 0 saturated heterocycles. The highest BCUT2D eigenvalue weighted by Gasteiger charge is 2.16. The second-order valence-corrected chi connectivity index (χ2v) is 9.21. The van der Waals surface area contributed by atoms with Gasteiger partial charge in [0, 0.05) is 29.5 Å². The number of aromatic nitrogens is 2. The number of benzene rings is 2. The van der Waals surface area contributed by atoms with Crippen LogP contribution in [-0.2, 0) is 4.74 Å². The van der Waals surface area contributed by atoms with Crippen LogP contribution >= 0.6 is 11.8 Å². The minimum Gasteiger partial charge on any atom is -0.380 e. The highest BCUT2D eigenvalue weighted by atomic mass is 32.2. The van der Waals surface area contributed by atoms with E-state index in [0.717, 1.165) is 67.7 Å².